The quantitative estimate of drug-likeness (QED) is 0.248. The lowest BCUT2D eigenvalue weighted by atomic mass is 10.2. The summed E-state index contributed by atoms with van der Waals surface area (Å²) >= 11 is 6.77. The van der Waals surface area contributed by atoms with Gasteiger partial charge in [0.1, 0.15) is 11.5 Å². The summed E-state index contributed by atoms with van der Waals surface area (Å²) in [4.78, 5) is 29.8. The third kappa shape index (κ3) is 6.37. The minimum atomic E-state index is -0.355. The Balaban J connectivity index is 1.08. The van der Waals surface area contributed by atoms with Gasteiger partial charge in [0, 0.05) is 49.2 Å². The molecule has 0 aliphatic carbocycles. The highest BCUT2D eigenvalue weighted by Crippen LogP contribution is 2.23. The number of carbonyl (C=O) groups excluding carboxylic acids is 2. The number of benzene rings is 2. The molecule has 1 fully saturated rings. The van der Waals surface area contributed by atoms with E-state index in [0.29, 0.717) is 18.8 Å². The summed E-state index contributed by atoms with van der Waals surface area (Å²) in [6, 6.07) is 25.1. The van der Waals surface area contributed by atoms with Crippen molar-refractivity contribution >= 4 is 57.9 Å². The molecule has 2 aromatic carbocycles. The van der Waals surface area contributed by atoms with Crippen molar-refractivity contribution in [3.63, 3.8) is 0 Å². The first-order chi connectivity index (χ1) is 18.5. The van der Waals surface area contributed by atoms with E-state index in [9.17, 15) is 9.59 Å². The lowest BCUT2D eigenvalue weighted by Gasteiger charge is -2.36. The van der Waals surface area contributed by atoms with Crippen molar-refractivity contribution in [2.24, 2.45) is 0 Å². The highest BCUT2D eigenvalue weighted by Gasteiger charge is 2.22. The fraction of sp³-hybridized carbons (Fsp3) is 0.138. The predicted octanol–water partition coefficient (Wildman–Crippen LogP) is 5.50. The molecule has 38 heavy (non-hydrogen) atoms. The van der Waals surface area contributed by atoms with Crippen LogP contribution in [0.4, 0.5) is 11.4 Å². The van der Waals surface area contributed by atoms with Crippen LogP contribution in [0, 0.1) is 0 Å². The highest BCUT2D eigenvalue weighted by atomic mass is 32.1. The first kappa shape index (κ1) is 25.4. The third-order valence-corrected chi connectivity index (χ3v) is 7.17. The molecular weight excluding hydrogens is 516 g/mol. The van der Waals surface area contributed by atoms with Crippen molar-refractivity contribution in [1.29, 1.82) is 0 Å². The summed E-state index contributed by atoms with van der Waals surface area (Å²) in [6.45, 7) is 2.91. The fourth-order valence-corrected chi connectivity index (χ4v) is 5.06. The van der Waals surface area contributed by atoms with Gasteiger partial charge in [0.05, 0.1) is 4.88 Å². The Hall–Kier alpha value is -4.21. The van der Waals surface area contributed by atoms with Crippen LogP contribution in [0.3, 0.4) is 0 Å². The van der Waals surface area contributed by atoms with Gasteiger partial charge in [0.15, 0.2) is 5.11 Å². The molecule has 0 spiro atoms. The number of anilines is 2. The number of nitrogens with zero attached hydrogens (tertiary/aromatic N) is 2. The molecule has 3 heterocycles. The van der Waals surface area contributed by atoms with Crippen molar-refractivity contribution < 1.29 is 14.0 Å². The van der Waals surface area contributed by atoms with Gasteiger partial charge in [0.2, 0.25) is 5.91 Å². The van der Waals surface area contributed by atoms with E-state index in [1.54, 1.807) is 6.08 Å². The Kier molecular flexibility index (Phi) is 7.96. The van der Waals surface area contributed by atoms with Gasteiger partial charge in [-0.05, 0) is 66.1 Å². The Morgan fingerprint density at radius 2 is 1.66 bits per heavy atom. The predicted molar refractivity (Wildman–Crippen MR) is 156 cm³/mol. The second-order valence-corrected chi connectivity index (χ2v) is 10.0. The molecule has 1 saturated heterocycles. The summed E-state index contributed by atoms with van der Waals surface area (Å²) in [7, 11) is 0. The number of thiocarbonyl (C=S) groups is 1. The first-order valence-corrected chi connectivity index (χ1v) is 13.5. The van der Waals surface area contributed by atoms with Crippen LogP contribution in [0.15, 0.2) is 94.7 Å². The summed E-state index contributed by atoms with van der Waals surface area (Å²) in [5.74, 6) is 1.06. The Morgan fingerprint density at radius 3 is 2.37 bits per heavy atom. The zero-order valence-corrected chi connectivity index (χ0v) is 22.1. The van der Waals surface area contributed by atoms with Crippen LogP contribution in [-0.2, 0) is 4.79 Å². The fourth-order valence-electron chi connectivity index (χ4n) is 4.15. The van der Waals surface area contributed by atoms with Gasteiger partial charge in [0.25, 0.3) is 5.91 Å². The standard InChI is InChI=1S/C29H26N4O3S2/c34-27(15-13-24-12-14-25(36-24)21-5-2-1-3-6-21)31-29(37)30-22-8-10-23(11-9-22)32-16-18-33(19-17-32)28(35)26-7-4-20-38-26/h1-15,20H,16-19H2,(H2,30,31,34,37)/b15-13+. The van der Waals surface area contributed by atoms with Crippen LogP contribution >= 0.6 is 23.6 Å². The van der Waals surface area contributed by atoms with Crippen LogP contribution < -0.4 is 15.5 Å². The van der Waals surface area contributed by atoms with Crippen LogP contribution in [0.25, 0.3) is 17.4 Å². The molecule has 2 aromatic heterocycles. The monoisotopic (exact) mass is 542 g/mol. The summed E-state index contributed by atoms with van der Waals surface area (Å²) in [6.07, 6.45) is 2.99. The molecule has 7 nitrogen and oxygen atoms in total. The molecule has 2 amide bonds. The highest BCUT2D eigenvalue weighted by molar-refractivity contribution is 7.80. The van der Waals surface area contributed by atoms with E-state index < -0.39 is 0 Å². The van der Waals surface area contributed by atoms with Gasteiger partial charge < -0.3 is 19.5 Å². The average Bonchev–Trinajstić information content (AvgIpc) is 3.66. The Bertz CT molecular complexity index is 1420. The van der Waals surface area contributed by atoms with Crippen molar-refractivity contribution in [2.75, 3.05) is 36.4 Å². The molecule has 0 bridgehead atoms. The molecule has 0 saturated carbocycles. The summed E-state index contributed by atoms with van der Waals surface area (Å²) < 4.78 is 5.78. The van der Waals surface area contributed by atoms with Crippen molar-refractivity contribution in [3.05, 3.63) is 101 Å². The summed E-state index contributed by atoms with van der Waals surface area (Å²) in [5, 5.41) is 7.82. The van der Waals surface area contributed by atoms with E-state index in [1.807, 2.05) is 89.1 Å². The maximum Gasteiger partial charge on any atom is 0.264 e. The molecule has 0 unspecified atom stereocenters. The number of carbonyl (C=O) groups is 2. The molecular formula is C29H26N4O3S2. The minimum Gasteiger partial charge on any atom is -0.457 e. The van der Waals surface area contributed by atoms with Gasteiger partial charge in [-0.25, -0.2) is 0 Å². The molecule has 192 valence electrons. The molecule has 1 aliphatic heterocycles. The SMILES string of the molecule is O=C(/C=C/c1ccc(-c2ccccc2)o1)NC(=S)Nc1ccc(N2CCN(C(=O)c3cccs3)CC2)cc1. The Labute approximate surface area is 230 Å². The molecule has 0 atom stereocenters. The largest absolute Gasteiger partial charge is 0.457 e. The molecule has 1 aliphatic rings. The second kappa shape index (κ2) is 11.9. The van der Waals surface area contributed by atoms with Crippen molar-refractivity contribution in [1.82, 2.24) is 10.2 Å². The lowest BCUT2D eigenvalue weighted by molar-refractivity contribution is -0.115. The first-order valence-electron chi connectivity index (χ1n) is 12.2. The topological polar surface area (TPSA) is 77.8 Å². The number of hydrogen-bond acceptors (Lipinski definition) is 6. The van der Waals surface area contributed by atoms with E-state index in [0.717, 1.165) is 40.7 Å². The zero-order chi connectivity index (χ0) is 26.3. The van der Waals surface area contributed by atoms with E-state index >= 15 is 0 Å². The van der Waals surface area contributed by atoms with E-state index in [1.165, 1.54) is 17.4 Å². The third-order valence-electron chi connectivity index (χ3n) is 6.11. The van der Waals surface area contributed by atoms with E-state index in [2.05, 4.69) is 15.5 Å². The van der Waals surface area contributed by atoms with Crippen molar-refractivity contribution in [3.8, 4) is 11.3 Å². The van der Waals surface area contributed by atoms with Crippen LogP contribution in [0.2, 0.25) is 0 Å². The van der Waals surface area contributed by atoms with Crippen LogP contribution in [0.1, 0.15) is 15.4 Å². The number of furan rings is 1. The second-order valence-electron chi connectivity index (χ2n) is 8.65. The van der Waals surface area contributed by atoms with Crippen LogP contribution in [-0.4, -0.2) is 48.0 Å². The normalized spacial score (nSPS) is 13.5. The molecule has 5 rings (SSSR count). The van der Waals surface area contributed by atoms with Gasteiger partial charge in [-0.15, -0.1) is 11.3 Å². The molecule has 4 aromatic rings. The minimum absolute atomic E-state index is 0.102. The molecule has 9 heteroatoms. The van der Waals surface area contributed by atoms with E-state index in [-0.39, 0.29) is 16.9 Å². The maximum atomic E-state index is 12.6. The zero-order valence-electron chi connectivity index (χ0n) is 20.5. The number of nitrogens with one attached hydrogen (secondary N) is 2. The lowest BCUT2D eigenvalue weighted by Crippen LogP contribution is -2.48. The molecule has 2 N–H and O–H groups in total. The average molecular weight is 543 g/mol. The number of piperazine rings is 1. The number of amides is 2. The number of hydrogen-bond donors (Lipinski definition) is 2. The maximum absolute atomic E-state index is 12.6. The molecule has 0 radical (unpaired) electrons. The van der Waals surface area contributed by atoms with Gasteiger partial charge >= 0.3 is 0 Å². The number of rotatable bonds is 6. The van der Waals surface area contributed by atoms with Gasteiger partial charge in [-0.1, -0.05) is 36.4 Å². The van der Waals surface area contributed by atoms with Gasteiger partial charge in [-0.2, -0.15) is 0 Å². The number of thiophene rings is 1. The smallest absolute Gasteiger partial charge is 0.264 e. The van der Waals surface area contributed by atoms with Crippen LogP contribution in [0.5, 0.6) is 0 Å². The van der Waals surface area contributed by atoms with E-state index in [4.69, 9.17) is 16.6 Å². The van der Waals surface area contributed by atoms with Crippen molar-refractivity contribution in [2.45, 2.75) is 0 Å². The van der Waals surface area contributed by atoms with Gasteiger partial charge in [-0.3, -0.25) is 14.9 Å². The Morgan fingerprint density at radius 1 is 0.895 bits per heavy atom. The summed E-state index contributed by atoms with van der Waals surface area (Å²) in [5.41, 5.74) is 2.82.